The highest BCUT2D eigenvalue weighted by atomic mass is 35.5. The van der Waals surface area contributed by atoms with Crippen LogP contribution in [-0.2, 0) is 9.53 Å². The van der Waals surface area contributed by atoms with Crippen molar-refractivity contribution in [2.75, 3.05) is 45.2 Å². The van der Waals surface area contributed by atoms with Crippen molar-refractivity contribution in [2.45, 2.75) is 33.2 Å². The topological polar surface area (TPSA) is 116 Å². The molecular formula is C30H40ClFN6O2. The quantitative estimate of drug-likeness (QED) is 0.179. The fourth-order valence-electron chi connectivity index (χ4n) is 3.99. The van der Waals surface area contributed by atoms with Crippen molar-refractivity contribution in [3.63, 3.8) is 0 Å². The van der Waals surface area contributed by atoms with E-state index in [1.807, 2.05) is 13.0 Å². The lowest BCUT2D eigenvalue weighted by atomic mass is 10.0. The average Bonchev–Trinajstić information content (AvgIpc) is 2.94. The third-order valence-electron chi connectivity index (χ3n) is 6.06. The SMILES string of the molecule is C=C(/C=C\c1ncc(NCCN2CCNC(C(=O)OC)C2)cc1C)/C(C=N)=C(/N)c1cc(Cl)ccc1F.CCC. The molecule has 1 saturated heterocycles. The number of halogens is 2. The molecule has 10 heteroatoms. The number of hydrogen-bond donors (Lipinski definition) is 4. The number of nitrogens with one attached hydrogen (secondary N) is 3. The zero-order valence-electron chi connectivity index (χ0n) is 23.7. The van der Waals surface area contributed by atoms with Crippen molar-refractivity contribution in [1.82, 2.24) is 15.2 Å². The fourth-order valence-corrected chi connectivity index (χ4v) is 4.16. The molecule has 0 amide bonds. The second kappa shape index (κ2) is 16.5. The van der Waals surface area contributed by atoms with Crippen LogP contribution < -0.4 is 16.4 Å². The van der Waals surface area contributed by atoms with Gasteiger partial charge in [0.25, 0.3) is 0 Å². The lowest BCUT2D eigenvalue weighted by Gasteiger charge is -2.32. The van der Waals surface area contributed by atoms with Crippen LogP contribution in [0.15, 0.2) is 54.3 Å². The summed E-state index contributed by atoms with van der Waals surface area (Å²) in [5.74, 6) is -0.773. The number of hydrogen-bond acceptors (Lipinski definition) is 8. The number of nitrogens with zero attached hydrogens (tertiary/aromatic N) is 2. The Balaban J connectivity index is 0.00000178. The first-order chi connectivity index (χ1) is 19.1. The predicted octanol–water partition coefficient (Wildman–Crippen LogP) is 5.05. The fraction of sp³-hybridized carbons (Fsp3) is 0.367. The van der Waals surface area contributed by atoms with E-state index < -0.39 is 5.82 Å². The number of esters is 1. The summed E-state index contributed by atoms with van der Waals surface area (Å²) in [5, 5.41) is 14.6. The van der Waals surface area contributed by atoms with Gasteiger partial charge in [0.05, 0.1) is 30.4 Å². The molecule has 0 bridgehead atoms. The van der Waals surface area contributed by atoms with Crippen LogP contribution in [0.2, 0.25) is 5.02 Å². The summed E-state index contributed by atoms with van der Waals surface area (Å²) >= 11 is 5.98. The van der Waals surface area contributed by atoms with Crippen LogP contribution in [0.5, 0.6) is 0 Å². The molecule has 1 aromatic carbocycles. The second-order valence-corrected chi connectivity index (χ2v) is 9.78. The molecule has 3 rings (SSSR count). The average molecular weight is 571 g/mol. The molecule has 40 heavy (non-hydrogen) atoms. The normalized spacial score (nSPS) is 16.0. The highest BCUT2D eigenvalue weighted by Crippen LogP contribution is 2.24. The predicted molar refractivity (Wildman–Crippen MR) is 163 cm³/mol. The first-order valence-electron chi connectivity index (χ1n) is 13.2. The number of aryl methyl sites for hydroxylation is 1. The summed E-state index contributed by atoms with van der Waals surface area (Å²) in [5.41, 5.74) is 9.63. The van der Waals surface area contributed by atoms with E-state index in [1.165, 1.54) is 31.7 Å². The van der Waals surface area contributed by atoms with E-state index in [2.05, 4.69) is 40.9 Å². The maximum absolute atomic E-state index is 14.2. The van der Waals surface area contributed by atoms with Crippen molar-refractivity contribution in [3.05, 3.63) is 81.9 Å². The molecule has 2 heterocycles. The summed E-state index contributed by atoms with van der Waals surface area (Å²) < 4.78 is 19.1. The van der Waals surface area contributed by atoms with Crippen molar-refractivity contribution >= 4 is 41.2 Å². The summed E-state index contributed by atoms with van der Waals surface area (Å²) in [4.78, 5) is 18.5. The van der Waals surface area contributed by atoms with Gasteiger partial charge >= 0.3 is 5.97 Å². The largest absolute Gasteiger partial charge is 0.468 e. The van der Waals surface area contributed by atoms with E-state index in [1.54, 1.807) is 18.3 Å². The molecule has 5 N–H and O–H groups in total. The van der Waals surface area contributed by atoms with E-state index in [0.29, 0.717) is 23.7 Å². The van der Waals surface area contributed by atoms with Crippen molar-refractivity contribution < 1.29 is 13.9 Å². The Hall–Kier alpha value is -3.53. The molecule has 1 aliphatic heterocycles. The lowest BCUT2D eigenvalue weighted by molar-refractivity contribution is -0.144. The molecular weight excluding hydrogens is 531 g/mol. The molecule has 2 aromatic rings. The highest BCUT2D eigenvalue weighted by molar-refractivity contribution is 6.30. The van der Waals surface area contributed by atoms with Gasteiger partial charge in [0.15, 0.2) is 0 Å². The van der Waals surface area contributed by atoms with E-state index >= 15 is 0 Å². The second-order valence-electron chi connectivity index (χ2n) is 9.34. The third kappa shape index (κ3) is 9.59. The zero-order chi connectivity index (χ0) is 29.7. The Kier molecular flexibility index (Phi) is 13.5. The highest BCUT2D eigenvalue weighted by Gasteiger charge is 2.25. The minimum absolute atomic E-state index is 0.0799. The number of allylic oxidation sites excluding steroid dienone is 3. The molecule has 216 valence electrons. The van der Waals surface area contributed by atoms with Crippen LogP contribution in [0.1, 0.15) is 37.1 Å². The van der Waals surface area contributed by atoms with Crippen LogP contribution in [0, 0.1) is 18.2 Å². The Morgan fingerprint density at radius 2 is 2.12 bits per heavy atom. The number of piperazine rings is 1. The summed E-state index contributed by atoms with van der Waals surface area (Å²) in [7, 11) is 1.40. The van der Waals surface area contributed by atoms with Gasteiger partial charge < -0.3 is 26.5 Å². The number of rotatable bonds is 10. The van der Waals surface area contributed by atoms with Gasteiger partial charge in [-0.3, -0.25) is 14.7 Å². The molecule has 0 spiro atoms. The Labute approximate surface area is 241 Å². The minimum atomic E-state index is -0.529. The number of nitrogens with two attached hydrogens (primary N) is 1. The first kappa shape index (κ1) is 32.7. The number of anilines is 1. The first-order valence-corrected chi connectivity index (χ1v) is 13.6. The van der Waals surface area contributed by atoms with Crippen LogP contribution in [-0.4, -0.2) is 67.9 Å². The molecule has 8 nitrogen and oxygen atoms in total. The Morgan fingerprint density at radius 1 is 1.40 bits per heavy atom. The summed E-state index contributed by atoms with van der Waals surface area (Å²) in [6, 6.07) is 5.78. The number of carbonyl (C=O) groups excluding carboxylic acids is 1. The number of aromatic nitrogens is 1. The standard InChI is InChI=1S/C27H32ClFN6O2.C3H8/c1-17(22(14-30)26(31)21-13-19(28)5-6-23(21)29)4-7-24-18(2)12-20(15-34-24)32-8-10-35-11-9-33-25(16-35)27(36)37-3;1-3-2/h4-7,12-15,25,30,32-33H,1,8-11,16,31H2,2-3H3;3H2,1-2H3/b7-4-,26-22+,30-14?;. The maximum atomic E-state index is 14.2. The zero-order valence-corrected chi connectivity index (χ0v) is 24.4. The number of benzene rings is 1. The van der Waals surface area contributed by atoms with Crippen molar-refractivity contribution in [3.8, 4) is 0 Å². The molecule has 1 unspecified atom stereocenters. The lowest BCUT2D eigenvalue weighted by Crippen LogP contribution is -2.55. The summed E-state index contributed by atoms with van der Waals surface area (Å²) in [6.07, 6.45) is 7.51. The number of ether oxygens (including phenoxy) is 1. The van der Waals surface area contributed by atoms with Gasteiger partial charge in [-0.15, -0.1) is 0 Å². The number of carbonyl (C=O) groups is 1. The molecule has 1 aromatic heterocycles. The van der Waals surface area contributed by atoms with Gasteiger partial charge in [-0.25, -0.2) is 4.39 Å². The third-order valence-corrected chi connectivity index (χ3v) is 6.30. The van der Waals surface area contributed by atoms with Crippen LogP contribution >= 0.6 is 11.6 Å². The minimum Gasteiger partial charge on any atom is -0.468 e. The van der Waals surface area contributed by atoms with Crippen LogP contribution in [0.4, 0.5) is 10.1 Å². The van der Waals surface area contributed by atoms with E-state index in [4.69, 9.17) is 27.5 Å². The molecule has 0 radical (unpaired) electrons. The van der Waals surface area contributed by atoms with Crippen LogP contribution in [0.3, 0.4) is 0 Å². The van der Waals surface area contributed by atoms with Gasteiger partial charge in [0.2, 0.25) is 0 Å². The van der Waals surface area contributed by atoms with Gasteiger partial charge in [0.1, 0.15) is 11.9 Å². The van der Waals surface area contributed by atoms with E-state index in [9.17, 15) is 9.18 Å². The van der Waals surface area contributed by atoms with Crippen molar-refractivity contribution in [1.29, 1.82) is 5.41 Å². The smallest absolute Gasteiger partial charge is 0.324 e. The van der Waals surface area contributed by atoms with Gasteiger partial charge in [-0.05, 0) is 48.4 Å². The van der Waals surface area contributed by atoms with Crippen LogP contribution in [0.25, 0.3) is 11.8 Å². The van der Waals surface area contributed by atoms with Gasteiger partial charge in [-0.2, -0.15) is 0 Å². The molecule has 1 aliphatic rings. The van der Waals surface area contributed by atoms with E-state index in [-0.39, 0.29) is 28.8 Å². The van der Waals surface area contributed by atoms with Gasteiger partial charge in [-0.1, -0.05) is 44.5 Å². The van der Waals surface area contributed by atoms with E-state index in [0.717, 1.165) is 42.8 Å². The molecule has 0 saturated carbocycles. The van der Waals surface area contributed by atoms with Gasteiger partial charge in [0, 0.05) is 55.1 Å². The monoisotopic (exact) mass is 570 g/mol. The van der Waals surface area contributed by atoms with Crippen molar-refractivity contribution in [2.24, 2.45) is 5.73 Å². The number of pyridine rings is 1. The molecule has 1 fully saturated rings. The molecule has 1 atom stereocenters. The Bertz CT molecular complexity index is 1250. The number of methoxy groups -OCH3 is 1. The Morgan fingerprint density at radius 3 is 2.77 bits per heavy atom. The maximum Gasteiger partial charge on any atom is 0.324 e. The summed E-state index contributed by atoms with van der Waals surface area (Å²) in [6.45, 7) is 13.9. The molecule has 0 aliphatic carbocycles.